The number of carbonyl (C=O) groups is 6. The molecule has 0 aromatic rings. The molecule has 10 nitrogen and oxygen atoms in total. The zero-order valence-electron chi connectivity index (χ0n) is 18.4. The molecule has 174 valence electrons. The molecule has 0 heterocycles. The molecule has 2 fully saturated rings. The lowest BCUT2D eigenvalue weighted by atomic mass is 9.53. The van der Waals surface area contributed by atoms with Crippen molar-refractivity contribution in [3.8, 4) is 0 Å². The molecular weight excluding hydrogens is 424 g/mol. The predicted molar refractivity (Wildman–Crippen MR) is 105 cm³/mol. The molecule has 0 aliphatic heterocycles. The largest absolute Gasteiger partial charge is 0.468 e. The third kappa shape index (κ3) is 2.77. The monoisotopic (exact) mass is 450 g/mol. The number of ether oxygens (including phenoxy) is 4. The first-order valence-electron chi connectivity index (χ1n) is 10.2. The summed E-state index contributed by atoms with van der Waals surface area (Å²) in [7, 11) is 4.29. The fraction of sp³-hybridized carbons (Fsp3) is 0.636. The Morgan fingerprint density at radius 1 is 0.625 bits per heavy atom. The quantitative estimate of drug-likeness (QED) is 0.256. The third-order valence-corrected chi connectivity index (χ3v) is 7.43. The Bertz CT molecular complexity index is 776. The van der Waals surface area contributed by atoms with Gasteiger partial charge in [0, 0.05) is 10.8 Å². The summed E-state index contributed by atoms with van der Waals surface area (Å²) in [5.74, 6) is -12.1. The van der Waals surface area contributed by atoms with Crippen molar-refractivity contribution in [3.05, 3.63) is 12.2 Å². The van der Waals surface area contributed by atoms with Crippen LogP contribution in [0.1, 0.15) is 25.7 Å². The van der Waals surface area contributed by atoms with Crippen molar-refractivity contribution < 1.29 is 47.7 Å². The van der Waals surface area contributed by atoms with Crippen molar-refractivity contribution in [1.82, 2.24) is 0 Å². The average Bonchev–Trinajstić information content (AvgIpc) is 3.09. The zero-order chi connectivity index (χ0) is 23.8. The third-order valence-electron chi connectivity index (χ3n) is 7.43. The van der Waals surface area contributed by atoms with Gasteiger partial charge in [-0.2, -0.15) is 0 Å². The summed E-state index contributed by atoms with van der Waals surface area (Å²) in [4.78, 5) is 79.3. The number of carbonyl (C=O) groups excluding carboxylic acids is 6. The van der Waals surface area contributed by atoms with Crippen LogP contribution < -0.4 is 0 Å². The zero-order valence-corrected chi connectivity index (χ0v) is 18.4. The molecule has 0 aromatic carbocycles. The van der Waals surface area contributed by atoms with Crippen molar-refractivity contribution in [2.45, 2.75) is 25.7 Å². The Kier molecular flexibility index (Phi) is 6.26. The SMILES string of the molecule is COC(=O)[C@@H]1C(=O)[C@H](C(=O)OC)C23CCC=CCCC12[C@@H](C(=O)OC)C(=O)[C@H]3C(=O)OC. The Morgan fingerprint density at radius 3 is 1.09 bits per heavy atom. The summed E-state index contributed by atoms with van der Waals surface area (Å²) < 4.78 is 19.6. The van der Waals surface area contributed by atoms with Crippen LogP contribution in [-0.4, -0.2) is 63.9 Å². The number of methoxy groups -OCH3 is 4. The highest BCUT2D eigenvalue weighted by molar-refractivity contribution is 6.20. The molecule has 0 aromatic heterocycles. The first-order chi connectivity index (χ1) is 15.2. The van der Waals surface area contributed by atoms with Crippen LogP contribution in [0.4, 0.5) is 0 Å². The molecule has 32 heavy (non-hydrogen) atoms. The molecule has 3 aliphatic carbocycles. The lowest BCUT2D eigenvalue weighted by molar-refractivity contribution is -0.170. The Balaban J connectivity index is 2.49. The summed E-state index contributed by atoms with van der Waals surface area (Å²) >= 11 is 0. The number of Topliss-reactive ketones (excluding diaryl/α,β-unsaturated/α-hetero) is 2. The van der Waals surface area contributed by atoms with Gasteiger partial charge >= 0.3 is 23.9 Å². The van der Waals surface area contributed by atoms with Crippen LogP contribution in [0.5, 0.6) is 0 Å². The highest BCUT2D eigenvalue weighted by Gasteiger charge is 2.85. The molecule has 0 spiro atoms. The molecule has 3 aliphatic rings. The van der Waals surface area contributed by atoms with E-state index in [0.717, 1.165) is 28.4 Å². The van der Waals surface area contributed by atoms with E-state index in [0.29, 0.717) is 12.8 Å². The van der Waals surface area contributed by atoms with E-state index >= 15 is 0 Å². The van der Waals surface area contributed by atoms with Gasteiger partial charge in [0.15, 0.2) is 11.6 Å². The standard InChI is InChI=1S/C22H26O10/c1-29-17(25)11-15(23)12(18(26)30-2)22-10-8-6-5-7-9-21(11,22)13(19(27)31-3)16(24)14(22)20(28)32-4/h5-6,11-14H,7-10H2,1-4H3/t11-,12+,13+,14-,21?,22?. The molecule has 10 heteroatoms. The highest BCUT2D eigenvalue weighted by atomic mass is 16.5. The number of rotatable bonds is 4. The smallest absolute Gasteiger partial charge is 0.316 e. The van der Waals surface area contributed by atoms with Crippen LogP contribution in [-0.2, 0) is 47.7 Å². The number of ketones is 2. The van der Waals surface area contributed by atoms with Gasteiger partial charge in [0.1, 0.15) is 23.7 Å². The first kappa shape index (κ1) is 23.6. The van der Waals surface area contributed by atoms with E-state index in [1.54, 1.807) is 0 Å². The van der Waals surface area contributed by atoms with E-state index < -0.39 is 69.9 Å². The summed E-state index contributed by atoms with van der Waals surface area (Å²) in [5, 5.41) is 0. The summed E-state index contributed by atoms with van der Waals surface area (Å²) in [6.45, 7) is 0. The van der Waals surface area contributed by atoms with Crippen LogP contribution in [0.3, 0.4) is 0 Å². The average molecular weight is 450 g/mol. The second-order valence-corrected chi connectivity index (χ2v) is 8.26. The van der Waals surface area contributed by atoms with Crippen LogP contribution in [0.25, 0.3) is 0 Å². The summed E-state index contributed by atoms with van der Waals surface area (Å²) in [6.07, 6.45) is 4.22. The molecule has 0 bridgehead atoms. The normalized spacial score (nSPS) is 35.8. The number of hydrogen-bond acceptors (Lipinski definition) is 10. The number of allylic oxidation sites excluding steroid dienone is 2. The molecular formula is C22H26O10. The Morgan fingerprint density at radius 2 is 0.875 bits per heavy atom. The Labute approximate surface area is 184 Å². The van der Waals surface area contributed by atoms with E-state index in [4.69, 9.17) is 18.9 Å². The van der Waals surface area contributed by atoms with Gasteiger partial charge < -0.3 is 18.9 Å². The maximum Gasteiger partial charge on any atom is 0.316 e. The van der Waals surface area contributed by atoms with Crippen molar-refractivity contribution in [2.75, 3.05) is 28.4 Å². The van der Waals surface area contributed by atoms with E-state index in [1.807, 2.05) is 12.2 Å². The van der Waals surface area contributed by atoms with Crippen LogP contribution in [0.2, 0.25) is 0 Å². The van der Waals surface area contributed by atoms with Gasteiger partial charge in [-0.3, -0.25) is 28.8 Å². The minimum absolute atomic E-state index is 0.00149. The maximum absolute atomic E-state index is 13.7. The maximum atomic E-state index is 13.7. The molecule has 0 amide bonds. The Hall–Kier alpha value is -3.04. The van der Waals surface area contributed by atoms with Gasteiger partial charge in [-0.15, -0.1) is 0 Å². The molecule has 2 unspecified atom stereocenters. The summed E-state index contributed by atoms with van der Waals surface area (Å²) in [5.41, 5.74) is -3.44. The van der Waals surface area contributed by atoms with Crippen molar-refractivity contribution in [1.29, 1.82) is 0 Å². The lowest BCUT2D eigenvalue weighted by Crippen LogP contribution is -2.52. The van der Waals surface area contributed by atoms with Crippen molar-refractivity contribution in [3.63, 3.8) is 0 Å². The summed E-state index contributed by atoms with van der Waals surface area (Å²) in [6, 6.07) is 0. The molecule has 3 rings (SSSR count). The van der Waals surface area contributed by atoms with E-state index in [2.05, 4.69) is 0 Å². The van der Waals surface area contributed by atoms with Crippen LogP contribution in [0.15, 0.2) is 12.2 Å². The highest BCUT2D eigenvalue weighted by Crippen LogP contribution is 2.74. The van der Waals surface area contributed by atoms with Crippen LogP contribution in [0, 0.1) is 34.5 Å². The van der Waals surface area contributed by atoms with Crippen LogP contribution >= 0.6 is 0 Å². The second kappa shape index (κ2) is 8.48. The number of esters is 4. The predicted octanol–water partition coefficient (Wildman–Crippen LogP) is 0.412. The van der Waals surface area contributed by atoms with Gasteiger partial charge in [0.25, 0.3) is 0 Å². The van der Waals surface area contributed by atoms with Crippen molar-refractivity contribution in [2.24, 2.45) is 34.5 Å². The molecule has 2 saturated carbocycles. The fourth-order valence-electron chi connectivity index (χ4n) is 6.46. The van der Waals surface area contributed by atoms with E-state index in [-0.39, 0.29) is 12.8 Å². The fourth-order valence-corrected chi connectivity index (χ4v) is 6.46. The molecule has 0 N–H and O–H groups in total. The number of hydrogen-bond donors (Lipinski definition) is 0. The molecule has 6 atom stereocenters. The molecule has 0 saturated heterocycles. The van der Waals surface area contributed by atoms with Gasteiger partial charge in [0.05, 0.1) is 28.4 Å². The van der Waals surface area contributed by atoms with Gasteiger partial charge in [-0.05, 0) is 25.7 Å². The lowest BCUT2D eigenvalue weighted by Gasteiger charge is -2.47. The first-order valence-corrected chi connectivity index (χ1v) is 10.2. The van der Waals surface area contributed by atoms with Gasteiger partial charge in [0.2, 0.25) is 0 Å². The van der Waals surface area contributed by atoms with E-state index in [1.165, 1.54) is 0 Å². The second-order valence-electron chi connectivity index (χ2n) is 8.26. The minimum atomic E-state index is -1.72. The van der Waals surface area contributed by atoms with E-state index in [9.17, 15) is 28.8 Å². The topological polar surface area (TPSA) is 139 Å². The van der Waals surface area contributed by atoms with Gasteiger partial charge in [-0.1, -0.05) is 12.2 Å². The van der Waals surface area contributed by atoms with Gasteiger partial charge in [-0.25, -0.2) is 0 Å². The minimum Gasteiger partial charge on any atom is -0.468 e. The van der Waals surface area contributed by atoms with Crippen molar-refractivity contribution >= 4 is 35.4 Å². The molecule has 0 radical (unpaired) electrons.